The summed E-state index contributed by atoms with van der Waals surface area (Å²) < 4.78 is 0.950. The van der Waals surface area contributed by atoms with Gasteiger partial charge in [-0.25, -0.2) is 0 Å². The molecule has 100 valence electrons. The number of nitrogens with one attached hydrogen (secondary N) is 1. The minimum atomic E-state index is -0.145. The lowest BCUT2D eigenvalue weighted by Crippen LogP contribution is -2.40. The second kappa shape index (κ2) is 6.33. The molecule has 0 fully saturated rings. The second-order valence-electron chi connectivity index (χ2n) is 4.45. The average molecular weight is 333 g/mol. The highest BCUT2D eigenvalue weighted by molar-refractivity contribution is 9.11. The molecule has 0 saturated carbocycles. The van der Waals surface area contributed by atoms with Crippen molar-refractivity contribution in [1.82, 2.24) is 10.2 Å². The van der Waals surface area contributed by atoms with Crippen molar-refractivity contribution in [2.24, 2.45) is 0 Å². The van der Waals surface area contributed by atoms with Gasteiger partial charge in [0.05, 0.1) is 15.2 Å². The van der Waals surface area contributed by atoms with Crippen LogP contribution in [-0.4, -0.2) is 36.3 Å². The van der Waals surface area contributed by atoms with Crippen molar-refractivity contribution in [2.75, 3.05) is 13.6 Å². The molecule has 2 amide bonds. The van der Waals surface area contributed by atoms with Gasteiger partial charge in [0, 0.05) is 13.1 Å². The molecule has 1 N–H and O–H groups in total. The molecule has 1 heterocycles. The second-order valence-corrected chi connectivity index (χ2v) is 6.82. The molecule has 0 aliphatic rings. The van der Waals surface area contributed by atoms with Crippen LogP contribution in [0.25, 0.3) is 0 Å². The Morgan fingerprint density at radius 3 is 2.56 bits per heavy atom. The predicted molar refractivity (Wildman–Crippen MR) is 77.0 cm³/mol. The van der Waals surface area contributed by atoms with Gasteiger partial charge < -0.3 is 10.2 Å². The average Bonchev–Trinajstić information content (AvgIpc) is 2.56. The van der Waals surface area contributed by atoms with Crippen LogP contribution in [0, 0.1) is 6.92 Å². The van der Waals surface area contributed by atoms with E-state index in [9.17, 15) is 9.59 Å². The molecule has 0 unspecified atom stereocenters. The molecular formula is C12H17BrN2O2S. The van der Waals surface area contributed by atoms with E-state index < -0.39 is 0 Å². The maximum absolute atomic E-state index is 12.1. The number of hydrogen-bond acceptors (Lipinski definition) is 3. The summed E-state index contributed by atoms with van der Waals surface area (Å²) in [5, 5.41) is 2.76. The highest BCUT2D eigenvalue weighted by atomic mass is 79.9. The third-order valence-electron chi connectivity index (χ3n) is 2.25. The van der Waals surface area contributed by atoms with Crippen molar-refractivity contribution in [2.45, 2.75) is 26.8 Å². The Morgan fingerprint density at radius 2 is 2.11 bits per heavy atom. The van der Waals surface area contributed by atoms with Gasteiger partial charge >= 0.3 is 0 Å². The summed E-state index contributed by atoms with van der Waals surface area (Å²) in [6, 6.07) is 1.91. The number of carbonyl (C=O) groups excluding carboxylic acids is 2. The third-order valence-corrected chi connectivity index (χ3v) is 4.37. The molecule has 18 heavy (non-hydrogen) atoms. The Balaban J connectivity index is 2.64. The highest BCUT2D eigenvalue weighted by Crippen LogP contribution is 2.27. The first kappa shape index (κ1) is 15.2. The molecule has 0 bridgehead atoms. The zero-order valence-electron chi connectivity index (χ0n) is 10.9. The summed E-state index contributed by atoms with van der Waals surface area (Å²) in [5.41, 5.74) is 1.03. The molecule has 0 saturated heterocycles. The van der Waals surface area contributed by atoms with Crippen molar-refractivity contribution in [3.8, 4) is 0 Å². The number of thiophene rings is 1. The highest BCUT2D eigenvalue weighted by Gasteiger charge is 2.18. The molecule has 0 aromatic carbocycles. The van der Waals surface area contributed by atoms with Crippen LogP contribution in [0.5, 0.6) is 0 Å². The van der Waals surface area contributed by atoms with Crippen LogP contribution >= 0.6 is 27.3 Å². The Morgan fingerprint density at radius 1 is 1.50 bits per heavy atom. The summed E-state index contributed by atoms with van der Waals surface area (Å²) in [6.07, 6.45) is 0. The quantitative estimate of drug-likeness (QED) is 0.920. The number of rotatable bonds is 4. The predicted octanol–water partition coefficient (Wildman–Crippen LogP) is 2.42. The summed E-state index contributed by atoms with van der Waals surface area (Å²) in [5.74, 6) is -0.277. The van der Waals surface area contributed by atoms with E-state index >= 15 is 0 Å². The molecular weight excluding hydrogens is 316 g/mol. The number of hydrogen-bond donors (Lipinski definition) is 1. The molecule has 0 aliphatic heterocycles. The molecule has 1 rings (SSSR count). The molecule has 1 aromatic heterocycles. The summed E-state index contributed by atoms with van der Waals surface area (Å²) >= 11 is 4.77. The lowest BCUT2D eigenvalue weighted by molar-refractivity contribution is -0.122. The van der Waals surface area contributed by atoms with Crippen LogP contribution in [-0.2, 0) is 4.79 Å². The topological polar surface area (TPSA) is 49.4 Å². The third kappa shape index (κ3) is 4.10. The van der Waals surface area contributed by atoms with Gasteiger partial charge in [0.2, 0.25) is 5.91 Å². The minimum Gasteiger partial charge on any atom is -0.352 e. The van der Waals surface area contributed by atoms with E-state index in [0.29, 0.717) is 4.88 Å². The first-order valence-electron chi connectivity index (χ1n) is 5.62. The Hall–Kier alpha value is -0.880. The van der Waals surface area contributed by atoms with E-state index in [1.165, 1.54) is 16.2 Å². The van der Waals surface area contributed by atoms with Gasteiger partial charge in [-0.3, -0.25) is 9.59 Å². The summed E-state index contributed by atoms with van der Waals surface area (Å²) in [4.78, 5) is 25.7. The monoisotopic (exact) mass is 332 g/mol. The molecule has 0 spiro atoms. The van der Waals surface area contributed by atoms with Gasteiger partial charge in [-0.1, -0.05) is 0 Å². The molecule has 4 nitrogen and oxygen atoms in total. The van der Waals surface area contributed by atoms with Gasteiger partial charge in [-0.15, -0.1) is 11.3 Å². The van der Waals surface area contributed by atoms with Crippen LogP contribution in [0.1, 0.15) is 29.1 Å². The number of aryl methyl sites for hydroxylation is 1. The molecule has 0 atom stereocenters. The van der Waals surface area contributed by atoms with E-state index in [2.05, 4.69) is 21.2 Å². The van der Waals surface area contributed by atoms with E-state index in [1.54, 1.807) is 7.05 Å². The van der Waals surface area contributed by atoms with Gasteiger partial charge in [-0.2, -0.15) is 0 Å². The fraction of sp³-hybridized carbons (Fsp3) is 0.500. The van der Waals surface area contributed by atoms with Crippen molar-refractivity contribution in [1.29, 1.82) is 0 Å². The number of amides is 2. The molecule has 6 heteroatoms. The standard InChI is InChI=1S/C12H17BrN2O2S/c1-7(2)14-10(16)6-15(4)12(17)9-5-8(3)11(13)18-9/h5,7H,6H2,1-4H3,(H,14,16). The van der Waals surface area contributed by atoms with E-state index in [1.807, 2.05) is 26.8 Å². The van der Waals surface area contributed by atoms with Crippen molar-refractivity contribution >= 4 is 39.1 Å². The first-order valence-corrected chi connectivity index (χ1v) is 7.23. The normalized spacial score (nSPS) is 10.6. The minimum absolute atomic E-state index is 0.0750. The smallest absolute Gasteiger partial charge is 0.264 e. The van der Waals surface area contributed by atoms with Crippen molar-refractivity contribution in [3.05, 3.63) is 20.3 Å². The zero-order chi connectivity index (χ0) is 13.9. The van der Waals surface area contributed by atoms with Crippen LogP contribution in [0.2, 0.25) is 0 Å². The van der Waals surface area contributed by atoms with Crippen LogP contribution < -0.4 is 5.32 Å². The SMILES string of the molecule is Cc1cc(C(=O)N(C)CC(=O)NC(C)C)sc1Br. The van der Waals surface area contributed by atoms with Gasteiger partial charge in [0.15, 0.2) is 0 Å². The van der Waals surface area contributed by atoms with Gasteiger partial charge in [0.1, 0.15) is 0 Å². The summed E-state index contributed by atoms with van der Waals surface area (Å²) in [7, 11) is 1.63. The fourth-order valence-corrected chi connectivity index (χ4v) is 2.94. The number of halogens is 1. The molecule has 0 radical (unpaired) electrons. The van der Waals surface area contributed by atoms with Gasteiger partial charge in [-0.05, 0) is 48.3 Å². The van der Waals surface area contributed by atoms with Crippen molar-refractivity contribution in [3.63, 3.8) is 0 Å². The maximum atomic E-state index is 12.1. The van der Waals surface area contributed by atoms with E-state index in [-0.39, 0.29) is 24.4 Å². The molecule has 0 aliphatic carbocycles. The van der Waals surface area contributed by atoms with E-state index in [0.717, 1.165) is 9.35 Å². The van der Waals surface area contributed by atoms with E-state index in [4.69, 9.17) is 0 Å². The fourth-order valence-electron chi connectivity index (χ4n) is 1.41. The van der Waals surface area contributed by atoms with Crippen LogP contribution in [0.15, 0.2) is 9.85 Å². The number of nitrogens with zero attached hydrogens (tertiary/aromatic N) is 1. The van der Waals surface area contributed by atoms with Gasteiger partial charge in [0.25, 0.3) is 5.91 Å². The first-order chi connectivity index (χ1) is 8.31. The van der Waals surface area contributed by atoms with Crippen molar-refractivity contribution < 1.29 is 9.59 Å². The lowest BCUT2D eigenvalue weighted by atomic mass is 10.3. The maximum Gasteiger partial charge on any atom is 0.264 e. The van der Waals surface area contributed by atoms with Crippen LogP contribution in [0.4, 0.5) is 0 Å². The Kier molecular flexibility index (Phi) is 5.34. The largest absolute Gasteiger partial charge is 0.352 e. The van der Waals surface area contributed by atoms with Crippen LogP contribution in [0.3, 0.4) is 0 Å². The Labute approximate surface area is 119 Å². The zero-order valence-corrected chi connectivity index (χ0v) is 13.3. The molecule has 1 aromatic rings. The lowest BCUT2D eigenvalue weighted by Gasteiger charge is -2.17. The number of likely N-dealkylation sites (N-methyl/N-ethyl adjacent to an activating group) is 1. The Bertz CT molecular complexity index is 437. The number of carbonyl (C=O) groups is 2. The summed E-state index contributed by atoms with van der Waals surface area (Å²) in [6.45, 7) is 5.79.